The molecule has 0 saturated heterocycles. The van der Waals surface area contributed by atoms with Crippen molar-refractivity contribution in [2.75, 3.05) is 0 Å². The third kappa shape index (κ3) is 57.0. The van der Waals surface area contributed by atoms with Gasteiger partial charge in [-0.05, 0) is 38.5 Å². The minimum absolute atomic E-state index is 0. The Labute approximate surface area is 258 Å². The van der Waals surface area contributed by atoms with Crippen LogP contribution in [0, 0.1) is 0 Å². The summed E-state index contributed by atoms with van der Waals surface area (Å²) >= 11 is 0. The standard InChI is InChI=1S/3C11H22O2.Fe/c3*1-2-3-4-5-6-7-8-9-10-11(12)13;/h3*2-10H2,1H3,(H,12,13);/q;;;+3/p-3. The number of rotatable bonds is 27. The summed E-state index contributed by atoms with van der Waals surface area (Å²) in [6, 6.07) is 0. The summed E-state index contributed by atoms with van der Waals surface area (Å²) in [7, 11) is 0. The fourth-order valence-electron chi connectivity index (χ4n) is 4.21. The summed E-state index contributed by atoms with van der Waals surface area (Å²) in [4.78, 5) is 30.2. The second-order valence-electron chi connectivity index (χ2n) is 10.8. The van der Waals surface area contributed by atoms with Gasteiger partial charge in [0.1, 0.15) is 0 Å². The Hall–Kier alpha value is -1.07. The molecule has 0 aliphatic heterocycles. The molecule has 40 heavy (non-hydrogen) atoms. The van der Waals surface area contributed by atoms with Gasteiger partial charge in [-0.1, -0.05) is 156 Å². The van der Waals surface area contributed by atoms with E-state index in [1.807, 2.05) is 0 Å². The summed E-state index contributed by atoms with van der Waals surface area (Å²) in [6.45, 7) is 6.62. The number of hydrogen-bond donors (Lipinski definition) is 0. The maximum absolute atomic E-state index is 10.1. The number of carboxylic acids is 3. The summed E-state index contributed by atoms with van der Waals surface area (Å²) in [5, 5.41) is 30.2. The van der Waals surface area contributed by atoms with E-state index in [2.05, 4.69) is 20.8 Å². The summed E-state index contributed by atoms with van der Waals surface area (Å²) in [5.41, 5.74) is 0. The topological polar surface area (TPSA) is 120 Å². The van der Waals surface area contributed by atoms with E-state index in [9.17, 15) is 29.7 Å². The minimum Gasteiger partial charge on any atom is -0.550 e. The summed E-state index contributed by atoms with van der Waals surface area (Å²) in [5.74, 6) is -2.73. The van der Waals surface area contributed by atoms with Crippen LogP contribution in [0.25, 0.3) is 0 Å². The van der Waals surface area contributed by atoms with Crippen LogP contribution in [0.2, 0.25) is 0 Å². The van der Waals surface area contributed by atoms with Crippen LogP contribution in [0.5, 0.6) is 0 Å². The molecule has 0 aliphatic rings. The Bertz CT molecular complexity index is 442. The van der Waals surface area contributed by atoms with Crippen LogP contribution in [0.1, 0.15) is 194 Å². The second kappa shape index (κ2) is 42.4. The minimum atomic E-state index is -0.911. The van der Waals surface area contributed by atoms with Crippen molar-refractivity contribution in [2.24, 2.45) is 0 Å². The molecule has 0 aromatic carbocycles. The molecule has 7 heteroatoms. The first kappa shape index (κ1) is 45.9. The van der Waals surface area contributed by atoms with Crippen LogP contribution in [0.4, 0.5) is 0 Å². The van der Waals surface area contributed by atoms with E-state index in [-0.39, 0.29) is 36.3 Å². The quantitative estimate of drug-likeness (QED) is 0.0744. The second-order valence-corrected chi connectivity index (χ2v) is 10.8. The van der Waals surface area contributed by atoms with Gasteiger partial charge in [-0.25, -0.2) is 0 Å². The SMILES string of the molecule is CCCCCCCCCCC(=O)[O-].CCCCCCCCCCC(=O)[O-].CCCCCCCCCCC(=O)[O-].[Fe+3]. The fourth-order valence-corrected chi connectivity index (χ4v) is 4.21. The molecule has 0 aromatic rings. The maximum Gasteiger partial charge on any atom is 3.00 e. The first-order valence-electron chi connectivity index (χ1n) is 16.4. The van der Waals surface area contributed by atoms with E-state index >= 15 is 0 Å². The van der Waals surface area contributed by atoms with Crippen molar-refractivity contribution in [1.29, 1.82) is 0 Å². The number of aliphatic carboxylic acids is 3. The average Bonchev–Trinajstić information content (AvgIpc) is 2.89. The van der Waals surface area contributed by atoms with Crippen LogP contribution in [-0.2, 0) is 31.5 Å². The normalized spacial score (nSPS) is 9.97. The zero-order valence-electron chi connectivity index (χ0n) is 26.4. The number of carboxylic acid groups (broad SMARTS) is 3. The van der Waals surface area contributed by atoms with E-state index in [4.69, 9.17) is 0 Å². The fraction of sp³-hybridized carbons (Fsp3) is 0.909. The molecule has 0 bridgehead atoms. The predicted molar refractivity (Wildman–Crippen MR) is 157 cm³/mol. The molecule has 0 fully saturated rings. The van der Waals surface area contributed by atoms with Gasteiger partial charge in [0.25, 0.3) is 0 Å². The van der Waals surface area contributed by atoms with Gasteiger partial charge in [0, 0.05) is 17.9 Å². The number of carbonyl (C=O) groups is 3. The van der Waals surface area contributed by atoms with Crippen LogP contribution < -0.4 is 15.3 Å². The van der Waals surface area contributed by atoms with Crippen molar-refractivity contribution in [1.82, 2.24) is 0 Å². The third-order valence-electron chi connectivity index (χ3n) is 6.70. The van der Waals surface area contributed by atoms with Crippen molar-refractivity contribution in [3.05, 3.63) is 0 Å². The number of unbranched alkanes of at least 4 members (excludes halogenated alkanes) is 21. The molecule has 6 nitrogen and oxygen atoms in total. The Morgan fingerprint density at radius 3 is 0.625 bits per heavy atom. The summed E-state index contributed by atoms with van der Waals surface area (Å²) < 4.78 is 0. The van der Waals surface area contributed by atoms with Gasteiger partial charge in [0.15, 0.2) is 0 Å². The molecule has 0 heterocycles. The van der Waals surface area contributed by atoms with E-state index in [0.717, 1.165) is 38.5 Å². The van der Waals surface area contributed by atoms with Crippen LogP contribution in [0.3, 0.4) is 0 Å². The van der Waals surface area contributed by atoms with Gasteiger partial charge in [0.2, 0.25) is 0 Å². The van der Waals surface area contributed by atoms with Gasteiger partial charge in [-0.2, -0.15) is 0 Å². The monoisotopic (exact) mass is 611 g/mol. The average molecular weight is 612 g/mol. The Balaban J connectivity index is -0.000000240. The molecule has 1 radical (unpaired) electrons. The third-order valence-corrected chi connectivity index (χ3v) is 6.70. The van der Waals surface area contributed by atoms with E-state index < -0.39 is 17.9 Å². The Morgan fingerprint density at radius 1 is 0.325 bits per heavy atom. The zero-order chi connectivity index (χ0) is 29.8. The number of carbonyl (C=O) groups excluding carboxylic acids is 3. The molecular formula is C33H63FeO6. The maximum atomic E-state index is 10.1. The van der Waals surface area contributed by atoms with E-state index in [1.54, 1.807) is 0 Å². The van der Waals surface area contributed by atoms with E-state index in [0.29, 0.717) is 0 Å². The summed E-state index contributed by atoms with van der Waals surface area (Å²) in [6.07, 6.45) is 29.2. The predicted octanol–water partition coefficient (Wildman–Crippen LogP) is 6.80. The van der Waals surface area contributed by atoms with Gasteiger partial charge < -0.3 is 29.7 Å². The molecule has 0 rings (SSSR count). The van der Waals surface area contributed by atoms with E-state index in [1.165, 1.54) is 116 Å². The first-order chi connectivity index (χ1) is 18.8. The molecular weight excluding hydrogens is 548 g/mol. The molecule has 0 spiro atoms. The molecule has 0 unspecified atom stereocenters. The first-order valence-corrected chi connectivity index (χ1v) is 16.4. The van der Waals surface area contributed by atoms with Crippen LogP contribution in [-0.4, -0.2) is 17.9 Å². The van der Waals surface area contributed by atoms with Crippen molar-refractivity contribution in [3.63, 3.8) is 0 Å². The van der Waals surface area contributed by atoms with Crippen molar-refractivity contribution in [2.45, 2.75) is 194 Å². The van der Waals surface area contributed by atoms with Crippen molar-refractivity contribution in [3.8, 4) is 0 Å². The Morgan fingerprint density at radius 2 is 0.475 bits per heavy atom. The van der Waals surface area contributed by atoms with Gasteiger partial charge in [-0.3, -0.25) is 0 Å². The van der Waals surface area contributed by atoms with Crippen molar-refractivity contribution < 1.29 is 46.8 Å². The molecule has 0 amide bonds. The van der Waals surface area contributed by atoms with Gasteiger partial charge in [-0.15, -0.1) is 0 Å². The Kier molecular flexibility index (Phi) is 48.7. The molecule has 0 atom stereocenters. The molecule has 0 aliphatic carbocycles. The molecule has 0 saturated carbocycles. The van der Waals surface area contributed by atoms with Gasteiger partial charge >= 0.3 is 17.1 Å². The molecule has 239 valence electrons. The number of hydrogen-bond acceptors (Lipinski definition) is 6. The zero-order valence-corrected chi connectivity index (χ0v) is 27.5. The largest absolute Gasteiger partial charge is 3.00 e. The van der Waals surface area contributed by atoms with Gasteiger partial charge in [0.05, 0.1) is 0 Å². The molecule has 0 aromatic heterocycles. The molecule has 0 N–H and O–H groups in total. The smallest absolute Gasteiger partial charge is 0.550 e. The van der Waals surface area contributed by atoms with Crippen LogP contribution >= 0.6 is 0 Å². The van der Waals surface area contributed by atoms with Crippen molar-refractivity contribution >= 4 is 17.9 Å². The van der Waals surface area contributed by atoms with Crippen LogP contribution in [0.15, 0.2) is 0 Å².